The molecule has 0 heterocycles. The summed E-state index contributed by atoms with van der Waals surface area (Å²) < 4.78 is 94.9. The lowest BCUT2D eigenvalue weighted by Gasteiger charge is -2.43. The Labute approximate surface area is 205 Å². The lowest BCUT2D eigenvalue weighted by Crippen LogP contribution is -2.44. The van der Waals surface area contributed by atoms with Gasteiger partial charge in [-0.05, 0) is 48.4 Å². The minimum atomic E-state index is -6.08. The maximum atomic E-state index is 12.9. The molecule has 0 radical (unpaired) electrons. The summed E-state index contributed by atoms with van der Waals surface area (Å²) in [6, 6.07) is 4.15. The molecule has 1 aromatic carbocycles. The fourth-order valence-electron chi connectivity index (χ4n) is 3.23. The molecule has 0 fully saturated rings. The van der Waals surface area contributed by atoms with E-state index in [1.807, 2.05) is 27.7 Å². The van der Waals surface area contributed by atoms with Gasteiger partial charge in [0.05, 0.1) is 23.5 Å². The number of hydrogen-bond donors (Lipinski definition) is 1. The zero-order valence-corrected chi connectivity index (χ0v) is 22.6. The number of carbonyl (C=O) groups excluding carboxylic acids is 1. The molecule has 0 aliphatic rings. The van der Waals surface area contributed by atoms with E-state index in [1.165, 1.54) is 12.1 Å². The van der Waals surface area contributed by atoms with Crippen LogP contribution >= 0.6 is 0 Å². The maximum Gasteiger partial charge on any atom is 0.512 e. The monoisotopic (exact) mass is 545 g/mol. The van der Waals surface area contributed by atoms with E-state index in [2.05, 4.69) is 20.8 Å². The first-order valence-corrected chi connectivity index (χ1v) is 13.7. The van der Waals surface area contributed by atoms with E-state index in [0.717, 1.165) is 12.1 Å². The smallest absolute Gasteiger partial charge is 0.493 e. The molecule has 0 aliphatic heterocycles. The SMILES string of the molecule is CC(C)(C)CC(C)(C(=O)OCCCOc1ccc(S(=O)(=O)NS(=O)(=O)C(F)(F)F)cc1)C(C)(C)C. The Bertz CT molecular complexity index is 1090. The van der Waals surface area contributed by atoms with Crippen LogP contribution in [0.25, 0.3) is 0 Å². The molecule has 1 unspecified atom stereocenters. The molecule has 0 bridgehead atoms. The average molecular weight is 546 g/mol. The van der Waals surface area contributed by atoms with Gasteiger partial charge in [0.1, 0.15) is 5.75 Å². The highest BCUT2D eigenvalue weighted by molar-refractivity contribution is 8.05. The van der Waals surface area contributed by atoms with Crippen LogP contribution in [0, 0.1) is 16.2 Å². The summed E-state index contributed by atoms with van der Waals surface area (Å²) in [5.41, 5.74) is -6.90. The van der Waals surface area contributed by atoms with Crippen molar-refractivity contribution in [3.8, 4) is 5.75 Å². The highest BCUT2D eigenvalue weighted by Gasteiger charge is 2.49. The van der Waals surface area contributed by atoms with Crippen LogP contribution in [-0.4, -0.2) is 41.5 Å². The Balaban J connectivity index is 2.67. The third-order valence-corrected chi connectivity index (χ3v) is 8.70. The number of halogens is 3. The van der Waals surface area contributed by atoms with Crippen molar-refractivity contribution in [2.45, 2.75) is 71.7 Å². The largest absolute Gasteiger partial charge is 0.512 e. The molecule has 13 heteroatoms. The Morgan fingerprint density at radius 2 is 1.40 bits per heavy atom. The number of esters is 1. The summed E-state index contributed by atoms with van der Waals surface area (Å²) in [4.78, 5) is 12.2. The number of ether oxygens (including phenoxy) is 2. The minimum Gasteiger partial charge on any atom is -0.493 e. The third kappa shape index (κ3) is 8.64. The quantitative estimate of drug-likeness (QED) is 0.337. The molecule has 202 valence electrons. The van der Waals surface area contributed by atoms with Gasteiger partial charge in [-0.25, -0.2) is 16.8 Å². The van der Waals surface area contributed by atoms with Crippen LogP contribution in [0.15, 0.2) is 29.2 Å². The van der Waals surface area contributed by atoms with Crippen molar-refractivity contribution in [2.75, 3.05) is 13.2 Å². The molecule has 1 aromatic rings. The van der Waals surface area contributed by atoms with E-state index in [-0.39, 0.29) is 35.8 Å². The van der Waals surface area contributed by atoms with E-state index in [1.54, 1.807) is 0 Å². The molecule has 0 aliphatic carbocycles. The molecule has 1 N–H and O–H groups in total. The van der Waals surface area contributed by atoms with Gasteiger partial charge >= 0.3 is 21.5 Å². The van der Waals surface area contributed by atoms with E-state index < -0.39 is 35.9 Å². The lowest BCUT2D eigenvalue weighted by atomic mass is 9.61. The van der Waals surface area contributed by atoms with E-state index >= 15 is 0 Å². The molecule has 0 saturated carbocycles. The van der Waals surface area contributed by atoms with Gasteiger partial charge in [-0.3, -0.25) is 4.79 Å². The Kier molecular flexibility index (Phi) is 9.47. The molecule has 0 saturated heterocycles. The van der Waals surface area contributed by atoms with Gasteiger partial charge < -0.3 is 9.47 Å². The van der Waals surface area contributed by atoms with E-state index in [0.29, 0.717) is 17.0 Å². The standard InChI is InChI=1S/C22H34F3NO7S2/c1-19(2,3)15-21(7,20(4,5)6)18(27)33-14-8-13-32-16-9-11-17(12-10-16)34(28,29)26-35(30,31)22(23,24)25/h9-12,26H,8,13-15H2,1-7H3. The summed E-state index contributed by atoms with van der Waals surface area (Å²) in [7, 11) is -11.0. The Morgan fingerprint density at radius 3 is 1.83 bits per heavy atom. The maximum absolute atomic E-state index is 12.9. The molecule has 0 amide bonds. The molecule has 0 aromatic heterocycles. The number of hydrogen-bond acceptors (Lipinski definition) is 7. The lowest BCUT2D eigenvalue weighted by molar-refractivity contribution is -0.165. The first kappa shape index (κ1) is 31.2. The highest BCUT2D eigenvalue weighted by Crippen LogP contribution is 2.47. The summed E-state index contributed by atoms with van der Waals surface area (Å²) in [6.07, 6.45) is 0.972. The van der Waals surface area contributed by atoms with Crippen LogP contribution in [0.4, 0.5) is 13.2 Å². The van der Waals surface area contributed by atoms with Crippen LogP contribution < -0.4 is 8.86 Å². The summed E-state index contributed by atoms with van der Waals surface area (Å²) in [5.74, 6) is -0.114. The summed E-state index contributed by atoms with van der Waals surface area (Å²) in [6.45, 7) is 14.2. The molecular weight excluding hydrogens is 511 g/mol. The minimum absolute atomic E-state index is 0.0870. The van der Waals surface area contributed by atoms with Gasteiger partial charge in [-0.2, -0.15) is 13.2 Å². The Morgan fingerprint density at radius 1 is 0.886 bits per heavy atom. The number of rotatable bonds is 10. The van der Waals surface area contributed by atoms with E-state index in [4.69, 9.17) is 9.47 Å². The summed E-state index contributed by atoms with van der Waals surface area (Å²) in [5, 5.41) is 0. The normalized spacial score (nSPS) is 15.4. The van der Waals surface area contributed by atoms with Crippen LogP contribution in [0.3, 0.4) is 0 Å². The molecule has 1 atom stereocenters. The molecule has 8 nitrogen and oxygen atoms in total. The van der Waals surface area contributed by atoms with Crippen LogP contribution in [-0.2, 0) is 29.6 Å². The van der Waals surface area contributed by atoms with Crippen LogP contribution in [0.5, 0.6) is 5.75 Å². The number of nitrogens with one attached hydrogen (secondary N) is 1. The van der Waals surface area contributed by atoms with Crippen LogP contribution in [0.1, 0.15) is 61.3 Å². The third-order valence-electron chi connectivity index (χ3n) is 5.44. The fourth-order valence-corrected chi connectivity index (χ4v) is 5.64. The number of sulfonamides is 2. The van der Waals surface area contributed by atoms with Crippen molar-refractivity contribution in [3.63, 3.8) is 0 Å². The van der Waals surface area contributed by atoms with Crippen molar-refractivity contribution < 1.29 is 44.3 Å². The van der Waals surface area contributed by atoms with Gasteiger partial charge in [0.2, 0.25) is 0 Å². The molecule has 0 spiro atoms. The van der Waals surface area contributed by atoms with Gasteiger partial charge in [0.15, 0.2) is 0 Å². The molecule has 35 heavy (non-hydrogen) atoms. The van der Waals surface area contributed by atoms with Gasteiger partial charge in [-0.15, -0.1) is 0 Å². The zero-order chi connectivity index (χ0) is 27.5. The summed E-state index contributed by atoms with van der Waals surface area (Å²) >= 11 is 0. The van der Waals surface area contributed by atoms with Crippen molar-refractivity contribution in [1.29, 1.82) is 0 Å². The van der Waals surface area contributed by atoms with Crippen molar-refractivity contribution in [3.05, 3.63) is 24.3 Å². The topological polar surface area (TPSA) is 116 Å². The van der Waals surface area contributed by atoms with Gasteiger partial charge in [0.25, 0.3) is 10.0 Å². The van der Waals surface area contributed by atoms with Crippen molar-refractivity contribution in [1.82, 2.24) is 4.13 Å². The average Bonchev–Trinajstić information content (AvgIpc) is 2.64. The highest BCUT2D eigenvalue weighted by atomic mass is 32.3. The van der Waals surface area contributed by atoms with Crippen molar-refractivity contribution in [2.24, 2.45) is 16.2 Å². The van der Waals surface area contributed by atoms with E-state index in [9.17, 15) is 34.8 Å². The second-order valence-corrected chi connectivity index (χ2v) is 14.3. The molecular formula is C22H34F3NO7S2. The Hall–Kier alpha value is -1.86. The first-order chi connectivity index (χ1) is 15.5. The second-order valence-electron chi connectivity index (χ2n) is 10.7. The molecule has 1 rings (SSSR count). The van der Waals surface area contributed by atoms with Gasteiger partial charge in [-0.1, -0.05) is 45.7 Å². The number of carbonyl (C=O) groups is 1. The van der Waals surface area contributed by atoms with Crippen molar-refractivity contribution >= 4 is 26.0 Å². The van der Waals surface area contributed by atoms with Crippen LogP contribution in [0.2, 0.25) is 0 Å². The number of alkyl halides is 3. The van der Waals surface area contributed by atoms with Gasteiger partial charge in [0, 0.05) is 6.42 Å². The predicted octanol–water partition coefficient (Wildman–Crippen LogP) is 4.62. The first-order valence-electron chi connectivity index (χ1n) is 10.8. The predicted molar refractivity (Wildman–Crippen MR) is 124 cm³/mol. The fraction of sp³-hybridized carbons (Fsp3) is 0.682. The number of benzene rings is 1. The zero-order valence-electron chi connectivity index (χ0n) is 20.9. The second kappa shape index (κ2) is 10.6.